The quantitative estimate of drug-likeness (QED) is 0.855. The summed E-state index contributed by atoms with van der Waals surface area (Å²) in [4.78, 5) is 16.8. The first-order valence-electron chi connectivity index (χ1n) is 5.97. The Labute approximate surface area is 100 Å². The number of ketones is 1. The van der Waals surface area contributed by atoms with E-state index in [1.54, 1.807) is 23.0 Å². The number of carbonyl (C=O) groups is 1. The van der Waals surface area contributed by atoms with Crippen molar-refractivity contribution in [3.8, 4) is 0 Å². The van der Waals surface area contributed by atoms with Crippen molar-refractivity contribution >= 4 is 17.1 Å². The molecule has 1 aliphatic rings. The van der Waals surface area contributed by atoms with E-state index >= 15 is 0 Å². The van der Waals surface area contributed by atoms with Crippen LogP contribution < -0.4 is 5.32 Å². The maximum Gasteiger partial charge on any atom is 0.138 e. The highest BCUT2D eigenvalue weighted by atomic mass is 32.1. The van der Waals surface area contributed by atoms with Gasteiger partial charge in [0.15, 0.2) is 0 Å². The van der Waals surface area contributed by atoms with Crippen LogP contribution in [0.1, 0.15) is 37.0 Å². The summed E-state index contributed by atoms with van der Waals surface area (Å²) in [7, 11) is 0. The van der Waals surface area contributed by atoms with Crippen molar-refractivity contribution in [1.29, 1.82) is 0 Å². The number of piperidine rings is 1. The largest absolute Gasteiger partial charge is 0.314 e. The molecule has 1 saturated heterocycles. The molecule has 2 heterocycles. The molecule has 1 N–H and O–H groups in total. The van der Waals surface area contributed by atoms with Gasteiger partial charge in [0.1, 0.15) is 5.78 Å². The van der Waals surface area contributed by atoms with E-state index in [9.17, 15) is 4.79 Å². The zero-order chi connectivity index (χ0) is 11.2. The molecule has 0 amide bonds. The number of nitrogens with zero attached hydrogens (tertiary/aromatic N) is 1. The van der Waals surface area contributed by atoms with Crippen LogP contribution >= 0.6 is 11.3 Å². The number of hydrogen-bond acceptors (Lipinski definition) is 4. The monoisotopic (exact) mass is 238 g/mol. The average Bonchev–Trinajstić information content (AvgIpc) is 2.81. The molecule has 0 aromatic carbocycles. The highest BCUT2D eigenvalue weighted by Crippen LogP contribution is 2.14. The third kappa shape index (κ3) is 3.68. The van der Waals surface area contributed by atoms with Crippen LogP contribution in [0.5, 0.6) is 0 Å². The van der Waals surface area contributed by atoms with Crippen LogP contribution in [0.25, 0.3) is 0 Å². The molecule has 2 rings (SSSR count). The van der Waals surface area contributed by atoms with E-state index in [1.165, 1.54) is 19.3 Å². The number of hydrogen-bond donors (Lipinski definition) is 1. The summed E-state index contributed by atoms with van der Waals surface area (Å²) < 4.78 is 0. The van der Waals surface area contributed by atoms with E-state index in [-0.39, 0.29) is 0 Å². The van der Waals surface area contributed by atoms with Crippen LogP contribution in [0.4, 0.5) is 0 Å². The first-order valence-corrected chi connectivity index (χ1v) is 6.85. The molecule has 3 nitrogen and oxygen atoms in total. The van der Waals surface area contributed by atoms with Crippen molar-refractivity contribution in [2.75, 3.05) is 6.54 Å². The molecule has 0 radical (unpaired) electrons. The third-order valence-corrected chi connectivity index (χ3v) is 3.82. The minimum Gasteiger partial charge on any atom is -0.314 e. The van der Waals surface area contributed by atoms with E-state index in [0.29, 0.717) is 24.7 Å². The van der Waals surface area contributed by atoms with Gasteiger partial charge >= 0.3 is 0 Å². The Bertz CT molecular complexity index is 318. The van der Waals surface area contributed by atoms with Gasteiger partial charge in [0.2, 0.25) is 0 Å². The first-order chi connectivity index (χ1) is 7.84. The summed E-state index contributed by atoms with van der Waals surface area (Å²) in [5, 5.41) is 3.47. The van der Waals surface area contributed by atoms with Gasteiger partial charge in [-0.25, -0.2) is 0 Å². The second kappa shape index (κ2) is 6.11. The summed E-state index contributed by atoms with van der Waals surface area (Å²) in [5.41, 5.74) is 1.78. The molecule has 1 fully saturated rings. The van der Waals surface area contributed by atoms with Crippen LogP contribution in [-0.4, -0.2) is 23.4 Å². The highest BCUT2D eigenvalue weighted by Gasteiger charge is 2.14. The molecule has 0 spiro atoms. The number of rotatable bonds is 5. The Kier molecular flexibility index (Phi) is 4.48. The molecule has 0 bridgehead atoms. The van der Waals surface area contributed by atoms with Crippen LogP contribution in [0, 0.1) is 0 Å². The van der Waals surface area contributed by atoms with Crippen LogP contribution in [-0.2, 0) is 11.2 Å². The number of carbonyl (C=O) groups excluding carboxylic acids is 1. The summed E-state index contributed by atoms with van der Waals surface area (Å²) in [6.45, 7) is 1.12. The zero-order valence-corrected chi connectivity index (χ0v) is 10.3. The van der Waals surface area contributed by atoms with Gasteiger partial charge in [0.05, 0.1) is 5.51 Å². The zero-order valence-electron chi connectivity index (χ0n) is 9.45. The lowest BCUT2D eigenvalue weighted by Gasteiger charge is -2.22. The van der Waals surface area contributed by atoms with Crippen LogP contribution in [0.15, 0.2) is 11.7 Å². The lowest BCUT2D eigenvalue weighted by molar-refractivity contribution is -0.118. The van der Waals surface area contributed by atoms with E-state index in [0.717, 1.165) is 17.8 Å². The Morgan fingerprint density at radius 1 is 1.56 bits per heavy atom. The molecular weight excluding hydrogens is 220 g/mol. The second-order valence-electron chi connectivity index (χ2n) is 4.37. The van der Waals surface area contributed by atoms with E-state index in [1.807, 2.05) is 0 Å². The number of nitrogens with one attached hydrogen (secondary N) is 1. The third-order valence-electron chi connectivity index (χ3n) is 3.04. The Morgan fingerprint density at radius 2 is 2.50 bits per heavy atom. The maximum atomic E-state index is 11.7. The molecule has 1 unspecified atom stereocenters. The van der Waals surface area contributed by atoms with Crippen molar-refractivity contribution in [3.63, 3.8) is 0 Å². The molecule has 4 heteroatoms. The summed E-state index contributed by atoms with van der Waals surface area (Å²) >= 11 is 1.57. The molecule has 0 aliphatic carbocycles. The number of Topliss-reactive ketones (excluding diaryl/α,β-unsaturated/α-hetero) is 1. The van der Waals surface area contributed by atoms with Gasteiger partial charge in [0, 0.05) is 30.0 Å². The predicted octanol–water partition coefficient (Wildman–Crippen LogP) is 2.18. The Hall–Kier alpha value is -0.740. The van der Waals surface area contributed by atoms with Crippen molar-refractivity contribution in [2.24, 2.45) is 0 Å². The number of thiazole rings is 1. The van der Waals surface area contributed by atoms with Gasteiger partial charge in [-0.2, -0.15) is 0 Å². The van der Waals surface area contributed by atoms with Crippen LogP contribution in [0.3, 0.4) is 0 Å². The lowest BCUT2D eigenvalue weighted by atomic mass is 9.99. The van der Waals surface area contributed by atoms with E-state index < -0.39 is 0 Å². The standard InChI is InChI=1S/C12H18N2OS/c15-11(7-12-8-13-9-16-12)5-4-10-3-1-2-6-14-10/h8-10,14H,1-7H2. The van der Waals surface area contributed by atoms with Crippen LogP contribution in [0.2, 0.25) is 0 Å². The molecule has 0 saturated carbocycles. The molecule has 1 aromatic rings. The molecular formula is C12H18N2OS. The lowest BCUT2D eigenvalue weighted by Crippen LogP contribution is -2.34. The van der Waals surface area contributed by atoms with Crippen molar-refractivity contribution in [1.82, 2.24) is 10.3 Å². The highest BCUT2D eigenvalue weighted by molar-refractivity contribution is 7.09. The van der Waals surface area contributed by atoms with Gasteiger partial charge in [-0.15, -0.1) is 11.3 Å². The molecule has 1 atom stereocenters. The van der Waals surface area contributed by atoms with E-state index in [4.69, 9.17) is 0 Å². The second-order valence-corrected chi connectivity index (χ2v) is 5.34. The molecule has 1 aromatic heterocycles. The smallest absolute Gasteiger partial charge is 0.138 e. The van der Waals surface area contributed by atoms with Gasteiger partial charge in [-0.3, -0.25) is 9.78 Å². The SMILES string of the molecule is O=C(CCC1CCCCN1)Cc1cncs1. The molecule has 88 valence electrons. The predicted molar refractivity (Wildman–Crippen MR) is 65.7 cm³/mol. The Balaban J connectivity index is 1.67. The molecule has 16 heavy (non-hydrogen) atoms. The summed E-state index contributed by atoms with van der Waals surface area (Å²) in [6, 6.07) is 0.569. The van der Waals surface area contributed by atoms with Gasteiger partial charge in [-0.05, 0) is 25.8 Å². The normalized spacial score (nSPS) is 20.9. The fourth-order valence-electron chi connectivity index (χ4n) is 2.12. The fraction of sp³-hybridized carbons (Fsp3) is 0.667. The van der Waals surface area contributed by atoms with Gasteiger partial charge < -0.3 is 5.32 Å². The maximum absolute atomic E-state index is 11.7. The minimum atomic E-state index is 0.344. The fourth-order valence-corrected chi connectivity index (χ4v) is 2.74. The average molecular weight is 238 g/mol. The van der Waals surface area contributed by atoms with E-state index in [2.05, 4.69) is 10.3 Å². The number of aromatic nitrogens is 1. The van der Waals surface area contributed by atoms with Crippen molar-refractivity contribution in [3.05, 3.63) is 16.6 Å². The van der Waals surface area contributed by atoms with Crippen molar-refractivity contribution in [2.45, 2.75) is 44.6 Å². The van der Waals surface area contributed by atoms with Crippen molar-refractivity contribution < 1.29 is 4.79 Å². The Morgan fingerprint density at radius 3 is 3.19 bits per heavy atom. The summed E-state index contributed by atoms with van der Waals surface area (Å²) in [5.74, 6) is 0.344. The first kappa shape index (κ1) is 11.7. The molecule has 1 aliphatic heterocycles. The van der Waals surface area contributed by atoms with Gasteiger partial charge in [-0.1, -0.05) is 6.42 Å². The minimum absolute atomic E-state index is 0.344. The van der Waals surface area contributed by atoms with Gasteiger partial charge in [0.25, 0.3) is 0 Å². The summed E-state index contributed by atoms with van der Waals surface area (Å²) in [6.07, 6.45) is 7.88. The topological polar surface area (TPSA) is 42.0 Å².